The van der Waals surface area contributed by atoms with Crippen molar-refractivity contribution in [2.45, 2.75) is 0 Å². The van der Waals surface area contributed by atoms with Gasteiger partial charge in [0, 0.05) is 67.7 Å². The summed E-state index contributed by atoms with van der Waals surface area (Å²) in [5.41, 5.74) is 0. The molecule has 0 fully saturated rings. The summed E-state index contributed by atoms with van der Waals surface area (Å²) in [5, 5.41) is 0. The van der Waals surface area contributed by atoms with E-state index in [2.05, 4.69) is 0 Å². The predicted molar refractivity (Wildman–Crippen MR) is 0 cm³/mol. The van der Waals surface area contributed by atoms with Crippen molar-refractivity contribution < 1.29 is 67.7 Å². The topological polar surface area (TPSA) is 0 Å². The average molecular weight is 249 g/mol. The first kappa shape index (κ1) is 36.7. The van der Waals surface area contributed by atoms with Gasteiger partial charge in [-0.3, -0.25) is 0 Å². The van der Waals surface area contributed by atoms with Crippen LogP contribution in [0.15, 0.2) is 0 Å². The van der Waals surface area contributed by atoms with Crippen molar-refractivity contribution in [3.05, 3.63) is 0 Å². The van der Waals surface area contributed by atoms with E-state index in [1.54, 1.807) is 0 Å². The second-order valence-corrected chi connectivity index (χ2v) is 0. The van der Waals surface area contributed by atoms with Gasteiger partial charge in [-0.1, -0.05) is 0 Å². The van der Waals surface area contributed by atoms with E-state index in [0.717, 1.165) is 0 Å². The van der Waals surface area contributed by atoms with Gasteiger partial charge < -0.3 is 0 Å². The Kier molecular flexibility index (Phi) is 181. The first-order valence-electron chi connectivity index (χ1n) is 0. The van der Waals surface area contributed by atoms with Gasteiger partial charge >= 0.3 is 0 Å². The molecule has 0 bridgehead atoms. The SMILES string of the molecule is [Cu].[Cu].[Cu].[Ni]. The van der Waals surface area contributed by atoms with Crippen LogP contribution in [0.1, 0.15) is 0 Å². The van der Waals surface area contributed by atoms with Crippen LogP contribution in [-0.2, 0) is 67.7 Å². The van der Waals surface area contributed by atoms with Gasteiger partial charge in [-0.05, 0) is 0 Å². The van der Waals surface area contributed by atoms with Gasteiger partial charge in [-0.25, -0.2) is 0 Å². The standard InChI is InChI=1S/3Cu.Ni. The number of hydrogen-bond acceptors (Lipinski definition) is 0. The maximum atomic E-state index is 0. The molecule has 0 spiro atoms. The fourth-order valence-corrected chi connectivity index (χ4v) is 0. The van der Waals surface area contributed by atoms with Crippen molar-refractivity contribution in [3.8, 4) is 0 Å². The van der Waals surface area contributed by atoms with E-state index in [1.807, 2.05) is 0 Å². The van der Waals surface area contributed by atoms with Crippen LogP contribution in [0.4, 0.5) is 0 Å². The summed E-state index contributed by atoms with van der Waals surface area (Å²) in [7, 11) is 0. The Bertz CT molecular complexity index is 3.25. The van der Waals surface area contributed by atoms with Crippen LogP contribution in [0.2, 0.25) is 0 Å². The molecular formula is Cu3Ni. The molecule has 0 aliphatic heterocycles. The minimum atomic E-state index is 0. The normalized spacial score (nSPS) is 0. The van der Waals surface area contributed by atoms with Crippen molar-refractivity contribution in [2.75, 3.05) is 0 Å². The molecule has 0 saturated carbocycles. The zero-order valence-corrected chi connectivity index (χ0v) is 5.03. The summed E-state index contributed by atoms with van der Waals surface area (Å²) in [6.45, 7) is 0. The minimum absolute atomic E-state index is 0. The van der Waals surface area contributed by atoms with Crippen LogP contribution < -0.4 is 0 Å². The summed E-state index contributed by atoms with van der Waals surface area (Å²) in [5.74, 6) is 0. The molecule has 0 aliphatic rings. The molecule has 4 heavy (non-hydrogen) atoms. The van der Waals surface area contributed by atoms with Crippen LogP contribution in [-0.4, -0.2) is 0 Å². The first-order valence-corrected chi connectivity index (χ1v) is 0. The minimum Gasteiger partial charge on any atom is 0 e. The van der Waals surface area contributed by atoms with Gasteiger partial charge in [-0.2, -0.15) is 0 Å². The molecule has 0 aliphatic carbocycles. The molecule has 0 atom stereocenters. The Balaban J connectivity index is 0. The van der Waals surface area contributed by atoms with Crippen LogP contribution in [0.5, 0.6) is 0 Å². The molecule has 0 aromatic carbocycles. The van der Waals surface area contributed by atoms with Crippen LogP contribution in [0.25, 0.3) is 0 Å². The Morgan fingerprint density at radius 2 is 0.500 bits per heavy atom. The zero-order chi connectivity index (χ0) is 0. The van der Waals surface area contributed by atoms with Crippen molar-refractivity contribution in [1.29, 1.82) is 0 Å². The Labute approximate surface area is 67.2 Å². The molecule has 0 saturated heterocycles. The van der Waals surface area contributed by atoms with E-state index in [4.69, 9.17) is 0 Å². The van der Waals surface area contributed by atoms with Gasteiger partial charge in [0.2, 0.25) is 0 Å². The molecule has 0 N–H and O–H groups in total. The Morgan fingerprint density at radius 1 is 0.500 bits per heavy atom. The molecule has 0 nitrogen and oxygen atoms in total. The van der Waals surface area contributed by atoms with Gasteiger partial charge in [-0.15, -0.1) is 0 Å². The number of rotatable bonds is 0. The number of hydrogen-bond donors (Lipinski definition) is 0. The molecule has 0 rings (SSSR count). The van der Waals surface area contributed by atoms with E-state index >= 15 is 0 Å². The molecule has 0 heterocycles. The zero-order valence-electron chi connectivity index (χ0n) is 1.22. The third-order valence-corrected chi connectivity index (χ3v) is 0. The summed E-state index contributed by atoms with van der Waals surface area (Å²) < 4.78 is 0. The largest absolute Gasteiger partial charge is 0 e. The van der Waals surface area contributed by atoms with Crippen LogP contribution in [0.3, 0.4) is 0 Å². The monoisotopic (exact) mass is 247 g/mol. The van der Waals surface area contributed by atoms with Gasteiger partial charge in [0.05, 0.1) is 0 Å². The van der Waals surface area contributed by atoms with Crippen LogP contribution >= 0.6 is 0 Å². The maximum absolute atomic E-state index is 0. The molecule has 43 valence electrons. The van der Waals surface area contributed by atoms with Crippen molar-refractivity contribution in [3.63, 3.8) is 0 Å². The summed E-state index contributed by atoms with van der Waals surface area (Å²) in [4.78, 5) is 0. The van der Waals surface area contributed by atoms with Gasteiger partial charge in [0.1, 0.15) is 0 Å². The second-order valence-electron chi connectivity index (χ2n) is 0. The molecule has 0 aromatic rings. The van der Waals surface area contributed by atoms with Crippen LogP contribution in [0, 0.1) is 0 Å². The average Bonchev–Trinajstić information content (AvgIpc) is 0. The van der Waals surface area contributed by atoms with Gasteiger partial charge in [0.25, 0.3) is 0 Å². The van der Waals surface area contributed by atoms with Crippen molar-refractivity contribution >= 4 is 0 Å². The van der Waals surface area contributed by atoms with Crippen molar-refractivity contribution in [2.24, 2.45) is 0 Å². The third kappa shape index (κ3) is 8.96. The van der Waals surface area contributed by atoms with E-state index in [9.17, 15) is 0 Å². The quantitative estimate of drug-likeness (QED) is 0.530. The first-order chi connectivity index (χ1) is 0. The fourth-order valence-electron chi connectivity index (χ4n) is 0. The molecule has 0 unspecified atom stereocenters. The molecule has 0 aromatic heterocycles. The summed E-state index contributed by atoms with van der Waals surface area (Å²) in [6.07, 6.45) is 0. The second kappa shape index (κ2) is 19.7. The Morgan fingerprint density at radius 3 is 0.500 bits per heavy atom. The smallest absolute Gasteiger partial charge is 0 e. The predicted octanol–water partition coefficient (Wildman–Crippen LogP) is -0.0100. The molecule has 3 radical (unpaired) electrons. The molecular weight excluding hydrogens is 249 g/mol. The third-order valence-electron chi connectivity index (χ3n) is 0. The molecule has 0 amide bonds. The van der Waals surface area contributed by atoms with E-state index < -0.39 is 0 Å². The molecule has 4 heteroatoms. The van der Waals surface area contributed by atoms with E-state index in [0.29, 0.717) is 0 Å². The summed E-state index contributed by atoms with van der Waals surface area (Å²) in [6, 6.07) is 0. The maximum Gasteiger partial charge on any atom is 0 e. The van der Waals surface area contributed by atoms with Crippen molar-refractivity contribution in [1.82, 2.24) is 0 Å². The van der Waals surface area contributed by atoms with E-state index in [1.165, 1.54) is 0 Å². The Hall–Kier alpha value is 2.05. The fraction of sp³-hybridized carbons (Fsp3) is 0. The van der Waals surface area contributed by atoms with Gasteiger partial charge in [0.15, 0.2) is 0 Å². The summed E-state index contributed by atoms with van der Waals surface area (Å²) >= 11 is 0. The van der Waals surface area contributed by atoms with E-state index in [-0.39, 0.29) is 67.7 Å².